The molecule has 1 rings (SSSR count). The molecule has 0 spiro atoms. The van der Waals surface area contributed by atoms with Crippen molar-refractivity contribution in [2.24, 2.45) is 4.99 Å². The number of aliphatic imine (C=N–C) groups is 1. The molecule has 0 aromatic rings. The summed E-state index contributed by atoms with van der Waals surface area (Å²) in [5.41, 5.74) is 1.97. The molecule has 4 N–H and O–H groups in total. The zero-order chi connectivity index (χ0) is 8.27. The number of guanidine groups is 1. The lowest BCUT2D eigenvalue weighted by Crippen LogP contribution is -2.49. The summed E-state index contributed by atoms with van der Waals surface area (Å²) in [6, 6.07) is 0. The highest BCUT2D eigenvalue weighted by molar-refractivity contribution is 5.98. The number of hydrogen-bond acceptors (Lipinski definition) is 6. The molecule has 0 aromatic heterocycles. The highest BCUT2D eigenvalue weighted by Crippen LogP contribution is 1.88. The Morgan fingerprint density at radius 1 is 1.64 bits per heavy atom. The highest BCUT2D eigenvalue weighted by atomic mass is 16.8. The van der Waals surface area contributed by atoms with Crippen LogP contribution in [0.5, 0.6) is 0 Å². The zero-order valence-electron chi connectivity index (χ0n) is 5.61. The highest BCUT2D eigenvalue weighted by Gasteiger charge is 2.11. The van der Waals surface area contributed by atoms with Crippen LogP contribution in [0.1, 0.15) is 6.42 Å². The van der Waals surface area contributed by atoms with Crippen LogP contribution in [-0.2, 0) is 4.79 Å². The average molecular weight is 160 g/mol. The maximum atomic E-state index is 10.6. The van der Waals surface area contributed by atoms with Crippen molar-refractivity contribution < 1.29 is 15.2 Å². The van der Waals surface area contributed by atoms with Gasteiger partial charge in [-0.15, -0.1) is 0 Å². The Bertz CT molecular complexity index is 190. The van der Waals surface area contributed by atoms with Gasteiger partial charge in [-0.3, -0.25) is 25.5 Å². The molecule has 0 saturated heterocycles. The van der Waals surface area contributed by atoms with Crippen molar-refractivity contribution in [1.82, 2.24) is 16.1 Å². The molecule has 0 atom stereocenters. The number of carbonyl (C=O) groups excluding carboxylic acids is 1. The van der Waals surface area contributed by atoms with Crippen LogP contribution in [0.15, 0.2) is 4.99 Å². The fourth-order valence-electron chi connectivity index (χ4n) is 0.661. The molecule has 0 unspecified atom stereocenters. The summed E-state index contributed by atoms with van der Waals surface area (Å²) in [5, 5.41) is 18.5. The van der Waals surface area contributed by atoms with E-state index in [0.717, 1.165) is 0 Å². The smallest absolute Gasteiger partial charge is 0.228 e. The first kappa shape index (κ1) is 7.92. The van der Waals surface area contributed by atoms with E-state index < -0.39 is 0 Å². The van der Waals surface area contributed by atoms with E-state index >= 15 is 0 Å². The van der Waals surface area contributed by atoms with Crippen molar-refractivity contribution in [2.45, 2.75) is 6.42 Å². The Labute approximate surface area is 62.2 Å². The van der Waals surface area contributed by atoms with Gasteiger partial charge in [0.25, 0.3) is 0 Å². The predicted molar refractivity (Wildman–Crippen MR) is 33.6 cm³/mol. The van der Waals surface area contributed by atoms with E-state index in [0.29, 0.717) is 13.0 Å². The first-order valence-corrected chi connectivity index (χ1v) is 2.97. The van der Waals surface area contributed by atoms with Crippen LogP contribution in [0.4, 0.5) is 0 Å². The zero-order valence-corrected chi connectivity index (χ0v) is 5.61. The Morgan fingerprint density at radius 3 is 2.91 bits per heavy atom. The predicted octanol–water partition coefficient (Wildman–Crippen LogP) is -1.55. The van der Waals surface area contributed by atoms with E-state index in [9.17, 15) is 4.79 Å². The fourth-order valence-corrected chi connectivity index (χ4v) is 0.661. The van der Waals surface area contributed by atoms with Crippen molar-refractivity contribution in [1.29, 1.82) is 0 Å². The average Bonchev–Trinajstić information content (AvgIpc) is 1.85. The van der Waals surface area contributed by atoms with E-state index in [2.05, 4.69) is 10.3 Å². The van der Waals surface area contributed by atoms with Crippen molar-refractivity contribution in [3.05, 3.63) is 0 Å². The van der Waals surface area contributed by atoms with Crippen molar-refractivity contribution >= 4 is 11.9 Å². The van der Waals surface area contributed by atoms with Gasteiger partial charge < -0.3 is 0 Å². The molecule has 1 aliphatic rings. The molecule has 0 radical (unpaired) electrons. The molecule has 0 saturated carbocycles. The van der Waals surface area contributed by atoms with Crippen LogP contribution in [0, 0.1) is 0 Å². The topological polar surface area (TPSA) is 97.2 Å². The number of carbonyl (C=O) groups is 1. The van der Waals surface area contributed by atoms with E-state index in [1.807, 2.05) is 5.43 Å². The lowest BCUT2D eigenvalue weighted by Gasteiger charge is -2.15. The van der Waals surface area contributed by atoms with Crippen molar-refractivity contribution in [3.8, 4) is 0 Å². The molecule has 0 fully saturated rings. The van der Waals surface area contributed by atoms with Gasteiger partial charge in [0.05, 0.1) is 6.54 Å². The SMILES string of the molecule is O=C1CCN=C(NN(O)O)N1. The molecule has 1 aliphatic heterocycles. The Balaban J connectivity index is 2.45. The summed E-state index contributed by atoms with van der Waals surface area (Å²) in [7, 11) is 0. The molecular weight excluding hydrogens is 152 g/mol. The second kappa shape index (κ2) is 3.28. The minimum absolute atomic E-state index is 0.0336. The molecule has 1 amide bonds. The van der Waals surface area contributed by atoms with Crippen LogP contribution in [-0.4, -0.2) is 34.2 Å². The molecule has 7 nitrogen and oxygen atoms in total. The monoisotopic (exact) mass is 160 g/mol. The van der Waals surface area contributed by atoms with Crippen LogP contribution in [0.2, 0.25) is 0 Å². The van der Waals surface area contributed by atoms with Crippen molar-refractivity contribution in [2.75, 3.05) is 6.54 Å². The molecule has 1 heterocycles. The third-order valence-corrected chi connectivity index (χ3v) is 1.07. The Morgan fingerprint density at radius 2 is 2.36 bits per heavy atom. The number of hydrazine groups is 1. The van der Waals surface area contributed by atoms with Crippen LogP contribution in [0.25, 0.3) is 0 Å². The Hall–Kier alpha value is -1.18. The number of nitrogens with one attached hydrogen (secondary N) is 2. The summed E-state index contributed by atoms with van der Waals surface area (Å²) in [4.78, 5) is 14.4. The summed E-state index contributed by atoms with van der Waals surface area (Å²) in [6.07, 6.45) is 0.321. The minimum atomic E-state index is -0.273. The molecule has 0 bridgehead atoms. The third kappa shape index (κ3) is 2.50. The normalized spacial score (nSPS) is 17.7. The van der Waals surface area contributed by atoms with Gasteiger partial charge in [0.15, 0.2) is 0 Å². The number of amides is 1. The second-order valence-electron chi connectivity index (χ2n) is 1.93. The van der Waals surface area contributed by atoms with E-state index in [1.54, 1.807) is 0 Å². The van der Waals surface area contributed by atoms with Crippen LogP contribution in [0.3, 0.4) is 0 Å². The summed E-state index contributed by atoms with van der Waals surface area (Å²) < 4.78 is 0. The quantitative estimate of drug-likeness (QED) is 0.348. The van der Waals surface area contributed by atoms with E-state index in [1.165, 1.54) is 0 Å². The first-order chi connectivity index (χ1) is 5.18. The van der Waals surface area contributed by atoms with Gasteiger partial charge in [-0.1, -0.05) is 0 Å². The molecule has 62 valence electrons. The number of hydrogen-bond donors (Lipinski definition) is 4. The second-order valence-corrected chi connectivity index (χ2v) is 1.93. The van der Waals surface area contributed by atoms with Gasteiger partial charge in [0.1, 0.15) is 0 Å². The first-order valence-electron chi connectivity index (χ1n) is 2.97. The Kier molecular flexibility index (Phi) is 2.36. The van der Waals surface area contributed by atoms with Gasteiger partial charge in [0, 0.05) is 11.8 Å². The summed E-state index contributed by atoms with van der Waals surface area (Å²) >= 11 is 0. The molecule has 11 heavy (non-hydrogen) atoms. The minimum Gasteiger partial charge on any atom is -0.295 e. The van der Waals surface area contributed by atoms with Crippen LogP contribution >= 0.6 is 0 Å². The van der Waals surface area contributed by atoms with Gasteiger partial charge in [0.2, 0.25) is 11.9 Å². The number of rotatable bonds is 1. The maximum absolute atomic E-state index is 10.6. The van der Waals surface area contributed by atoms with E-state index in [-0.39, 0.29) is 17.2 Å². The number of nitrogens with zero attached hydrogens (tertiary/aromatic N) is 2. The van der Waals surface area contributed by atoms with Gasteiger partial charge >= 0.3 is 0 Å². The molecule has 0 aromatic carbocycles. The lowest BCUT2D eigenvalue weighted by molar-refractivity contribution is -0.329. The van der Waals surface area contributed by atoms with Crippen molar-refractivity contribution in [3.63, 3.8) is 0 Å². The standard InChI is InChI=1S/C4H8N4O3/c9-3-1-2-5-4(6-3)7-8(10)11/h10-11H,1-2H2,(H2,5,6,7,9). The van der Waals surface area contributed by atoms with E-state index in [4.69, 9.17) is 10.4 Å². The van der Waals surface area contributed by atoms with Gasteiger partial charge in [-0.05, 0) is 0 Å². The fraction of sp³-hybridized carbons (Fsp3) is 0.500. The summed E-state index contributed by atoms with van der Waals surface area (Å²) in [5.74, 6) is -0.171. The van der Waals surface area contributed by atoms with Crippen LogP contribution < -0.4 is 10.7 Å². The van der Waals surface area contributed by atoms with Gasteiger partial charge in [-0.25, -0.2) is 5.43 Å². The molecule has 0 aliphatic carbocycles. The van der Waals surface area contributed by atoms with Gasteiger partial charge in [-0.2, -0.15) is 0 Å². The molecule has 7 heteroatoms. The maximum Gasteiger partial charge on any atom is 0.228 e. The molecular formula is C4H8N4O3. The largest absolute Gasteiger partial charge is 0.295 e. The third-order valence-electron chi connectivity index (χ3n) is 1.07. The lowest BCUT2D eigenvalue weighted by atomic mass is 10.4. The summed E-state index contributed by atoms with van der Waals surface area (Å²) in [6.45, 7) is 0.349.